The lowest BCUT2D eigenvalue weighted by molar-refractivity contribution is 0.0971. The number of aliphatic hydroxyl groups excluding tert-OH is 1. The molecule has 0 amide bonds. The summed E-state index contributed by atoms with van der Waals surface area (Å²) in [6, 6.07) is 5.21. The summed E-state index contributed by atoms with van der Waals surface area (Å²) < 4.78 is 10.9. The molecular weight excluding hydrogens is 240 g/mol. The fourth-order valence-corrected chi connectivity index (χ4v) is 1.57. The van der Waals surface area contributed by atoms with Gasteiger partial charge in [0.1, 0.15) is 12.4 Å². The largest absolute Gasteiger partial charge is 0.491 e. The van der Waals surface area contributed by atoms with E-state index in [2.05, 4.69) is 6.92 Å². The van der Waals surface area contributed by atoms with Crippen LogP contribution in [0.15, 0.2) is 18.2 Å². The highest BCUT2D eigenvalue weighted by Gasteiger charge is 2.03. The van der Waals surface area contributed by atoms with Crippen molar-refractivity contribution in [2.75, 3.05) is 19.8 Å². The Morgan fingerprint density at radius 3 is 2.76 bits per heavy atom. The molecule has 1 N–H and O–H groups in total. The van der Waals surface area contributed by atoms with E-state index >= 15 is 0 Å². The van der Waals surface area contributed by atoms with Crippen LogP contribution in [-0.4, -0.2) is 24.9 Å². The molecule has 0 aliphatic heterocycles. The van der Waals surface area contributed by atoms with E-state index in [1.54, 1.807) is 18.2 Å². The molecule has 17 heavy (non-hydrogen) atoms. The van der Waals surface area contributed by atoms with Crippen molar-refractivity contribution in [1.29, 1.82) is 0 Å². The predicted molar refractivity (Wildman–Crippen MR) is 68.6 cm³/mol. The van der Waals surface area contributed by atoms with Gasteiger partial charge in [-0.3, -0.25) is 0 Å². The molecule has 0 heterocycles. The number of aliphatic hydroxyl groups is 1. The Bertz CT molecular complexity index is 328. The molecule has 0 aliphatic rings. The van der Waals surface area contributed by atoms with Crippen LogP contribution >= 0.6 is 11.6 Å². The monoisotopic (exact) mass is 258 g/mol. The highest BCUT2D eigenvalue weighted by molar-refractivity contribution is 6.30. The van der Waals surface area contributed by atoms with Crippen molar-refractivity contribution in [3.63, 3.8) is 0 Å². The second kappa shape index (κ2) is 8.34. The summed E-state index contributed by atoms with van der Waals surface area (Å²) in [6.45, 7) is 3.87. The van der Waals surface area contributed by atoms with Gasteiger partial charge in [0.25, 0.3) is 0 Å². The van der Waals surface area contributed by atoms with Crippen molar-refractivity contribution in [3.05, 3.63) is 28.8 Å². The first kappa shape index (κ1) is 14.3. The van der Waals surface area contributed by atoms with Gasteiger partial charge in [0, 0.05) is 17.2 Å². The van der Waals surface area contributed by atoms with Crippen LogP contribution in [0.25, 0.3) is 0 Å². The van der Waals surface area contributed by atoms with E-state index in [4.69, 9.17) is 26.2 Å². The van der Waals surface area contributed by atoms with Gasteiger partial charge in [0.05, 0.1) is 13.2 Å². The summed E-state index contributed by atoms with van der Waals surface area (Å²) in [4.78, 5) is 0. The van der Waals surface area contributed by atoms with Gasteiger partial charge >= 0.3 is 0 Å². The molecule has 0 atom stereocenters. The van der Waals surface area contributed by atoms with Crippen LogP contribution in [0.3, 0.4) is 0 Å². The number of halogens is 1. The van der Waals surface area contributed by atoms with Gasteiger partial charge in [-0.2, -0.15) is 0 Å². The molecule has 4 heteroatoms. The summed E-state index contributed by atoms with van der Waals surface area (Å²) in [5.41, 5.74) is 0.700. The zero-order valence-electron chi connectivity index (χ0n) is 10.1. The normalized spacial score (nSPS) is 10.5. The van der Waals surface area contributed by atoms with Crippen molar-refractivity contribution in [3.8, 4) is 5.75 Å². The van der Waals surface area contributed by atoms with Crippen molar-refractivity contribution in [1.82, 2.24) is 0 Å². The molecule has 0 aromatic heterocycles. The molecular formula is C13H19ClO3. The Morgan fingerprint density at radius 1 is 1.24 bits per heavy atom. The third kappa shape index (κ3) is 5.39. The summed E-state index contributed by atoms with van der Waals surface area (Å²) in [5.74, 6) is 0.663. The molecule has 1 aromatic carbocycles. The molecule has 1 rings (SSSR count). The molecule has 96 valence electrons. The lowest BCUT2D eigenvalue weighted by atomic mass is 10.2. The number of unbranched alkanes of at least 4 members (excludes halogenated alkanes) is 1. The third-order valence-electron chi connectivity index (χ3n) is 2.32. The van der Waals surface area contributed by atoms with Crippen LogP contribution in [0.2, 0.25) is 5.02 Å². The molecule has 0 spiro atoms. The van der Waals surface area contributed by atoms with E-state index in [0.29, 0.717) is 29.5 Å². The summed E-state index contributed by atoms with van der Waals surface area (Å²) in [7, 11) is 0. The van der Waals surface area contributed by atoms with Crippen LogP contribution < -0.4 is 4.74 Å². The molecule has 0 saturated heterocycles. The topological polar surface area (TPSA) is 38.7 Å². The Labute approximate surface area is 107 Å². The van der Waals surface area contributed by atoms with E-state index in [-0.39, 0.29) is 6.61 Å². The quantitative estimate of drug-likeness (QED) is 0.729. The van der Waals surface area contributed by atoms with E-state index < -0.39 is 0 Å². The first-order chi connectivity index (χ1) is 8.27. The minimum atomic E-state index is -0.0768. The van der Waals surface area contributed by atoms with Crippen molar-refractivity contribution in [2.45, 2.75) is 26.4 Å². The van der Waals surface area contributed by atoms with Gasteiger partial charge < -0.3 is 14.6 Å². The maximum atomic E-state index is 9.15. The number of rotatable bonds is 8. The van der Waals surface area contributed by atoms with E-state index in [1.165, 1.54) is 0 Å². The first-order valence-corrected chi connectivity index (χ1v) is 6.25. The highest BCUT2D eigenvalue weighted by Crippen LogP contribution is 2.22. The SMILES string of the molecule is CCCCOCCOc1ccc(Cl)cc1CO. The number of benzene rings is 1. The number of ether oxygens (including phenoxy) is 2. The fraction of sp³-hybridized carbons (Fsp3) is 0.538. The Morgan fingerprint density at radius 2 is 2.06 bits per heavy atom. The second-order valence-corrected chi connectivity index (χ2v) is 4.16. The molecule has 1 aromatic rings. The molecule has 0 fully saturated rings. The van der Waals surface area contributed by atoms with E-state index in [1.807, 2.05) is 0 Å². The third-order valence-corrected chi connectivity index (χ3v) is 2.56. The maximum Gasteiger partial charge on any atom is 0.125 e. The van der Waals surface area contributed by atoms with Gasteiger partial charge in [-0.25, -0.2) is 0 Å². The van der Waals surface area contributed by atoms with E-state index in [0.717, 1.165) is 19.4 Å². The van der Waals surface area contributed by atoms with Gasteiger partial charge in [0.2, 0.25) is 0 Å². The Hall–Kier alpha value is -0.770. The van der Waals surface area contributed by atoms with Crippen LogP contribution in [0, 0.1) is 0 Å². The standard InChI is InChI=1S/C13H19ClO3/c1-2-3-6-16-7-8-17-13-5-4-12(14)9-11(13)10-15/h4-5,9,15H,2-3,6-8,10H2,1H3. The van der Waals surface area contributed by atoms with Gasteiger partial charge in [0.15, 0.2) is 0 Å². The molecule has 0 radical (unpaired) electrons. The summed E-state index contributed by atoms with van der Waals surface area (Å²) in [5, 5.41) is 9.74. The minimum absolute atomic E-state index is 0.0768. The van der Waals surface area contributed by atoms with Crippen LogP contribution in [0.4, 0.5) is 0 Å². The maximum absolute atomic E-state index is 9.15. The Balaban J connectivity index is 2.31. The summed E-state index contributed by atoms with van der Waals surface area (Å²) in [6.07, 6.45) is 2.20. The zero-order valence-corrected chi connectivity index (χ0v) is 10.9. The van der Waals surface area contributed by atoms with Gasteiger partial charge in [-0.05, 0) is 24.6 Å². The zero-order chi connectivity index (χ0) is 12.5. The van der Waals surface area contributed by atoms with Crippen LogP contribution in [-0.2, 0) is 11.3 Å². The minimum Gasteiger partial charge on any atom is -0.491 e. The molecule has 0 aliphatic carbocycles. The van der Waals surface area contributed by atoms with Crippen molar-refractivity contribution < 1.29 is 14.6 Å². The molecule has 3 nitrogen and oxygen atoms in total. The van der Waals surface area contributed by atoms with Gasteiger partial charge in [-0.15, -0.1) is 0 Å². The van der Waals surface area contributed by atoms with Crippen LogP contribution in [0.1, 0.15) is 25.3 Å². The lowest BCUT2D eigenvalue weighted by Gasteiger charge is -2.10. The Kier molecular flexibility index (Phi) is 7.01. The van der Waals surface area contributed by atoms with Crippen molar-refractivity contribution in [2.24, 2.45) is 0 Å². The fourth-order valence-electron chi connectivity index (χ4n) is 1.37. The number of hydrogen-bond acceptors (Lipinski definition) is 3. The van der Waals surface area contributed by atoms with E-state index in [9.17, 15) is 0 Å². The second-order valence-electron chi connectivity index (χ2n) is 3.72. The smallest absolute Gasteiger partial charge is 0.125 e. The van der Waals surface area contributed by atoms with Crippen molar-refractivity contribution >= 4 is 11.6 Å². The highest BCUT2D eigenvalue weighted by atomic mass is 35.5. The molecule has 0 saturated carbocycles. The molecule has 0 unspecified atom stereocenters. The van der Waals surface area contributed by atoms with Crippen LogP contribution in [0.5, 0.6) is 5.75 Å². The number of hydrogen-bond donors (Lipinski definition) is 1. The first-order valence-electron chi connectivity index (χ1n) is 5.87. The average Bonchev–Trinajstić information content (AvgIpc) is 2.35. The molecule has 0 bridgehead atoms. The van der Waals surface area contributed by atoms with Gasteiger partial charge in [-0.1, -0.05) is 24.9 Å². The summed E-state index contributed by atoms with van der Waals surface area (Å²) >= 11 is 5.82. The lowest BCUT2D eigenvalue weighted by Crippen LogP contribution is -2.08. The average molecular weight is 259 g/mol. The predicted octanol–water partition coefficient (Wildman–Crippen LogP) is 3.03.